The highest BCUT2D eigenvalue weighted by Crippen LogP contribution is 2.16. The minimum atomic E-state index is -0.109. The van der Waals surface area contributed by atoms with Crippen molar-refractivity contribution in [2.24, 2.45) is 0 Å². The SMILES string of the molecule is CC(C)NC(=O)CN1CCN(C(=O)NC(C)c2ccc(-n3cncn3)cc2)CC1. The molecule has 1 saturated heterocycles. The molecule has 9 nitrogen and oxygen atoms in total. The summed E-state index contributed by atoms with van der Waals surface area (Å²) in [4.78, 5) is 32.3. The highest BCUT2D eigenvalue weighted by atomic mass is 16.2. The molecular formula is C20H29N7O2. The summed E-state index contributed by atoms with van der Waals surface area (Å²) in [7, 11) is 0. The van der Waals surface area contributed by atoms with Gasteiger partial charge in [-0.05, 0) is 38.5 Å². The van der Waals surface area contributed by atoms with Crippen molar-refractivity contribution in [3.8, 4) is 5.69 Å². The molecular weight excluding hydrogens is 370 g/mol. The molecule has 9 heteroatoms. The van der Waals surface area contributed by atoms with Gasteiger partial charge in [0.15, 0.2) is 0 Å². The highest BCUT2D eigenvalue weighted by molar-refractivity contribution is 5.78. The standard InChI is InChI=1S/C20H29N7O2/c1-15(2)23-19(28)12-25-8-10-26(11-9-25)20(29)24-16(3)17-4-6-18(7-5-17)27-14-21-13-22-27/h4-7,13-16H,8-12H2,1-3H3,(H,23,28)(H,24,29). The molecule has 1 aliphatic heterocycles. The van der Waals surface area contributed by atoms with Gasteiger partial charge in [0.05, 0.1) is 18.3 Å². The number of aromatic nitrogens is 3. The van der Waals surface area contributed by atoms with Gasteiger partial charge in [0.2, 0.25) is 5.91 Å². The van der Waals surface area contributed by atoms with Gasteiger partial charge in [0.25, 0.3) is 0 Å². The predicted molar refractivity (Wildman–Crippen MR) is 110 cm³/mol. The maximum Gasteiger partial charge on any atom is 0.317 e. The maximum atomic E-state index is 12.6. The maximum absolute atomic E-state index is 12.6. The number of hydrogen-bond donors (Lipinski definition) is 2. The number of carbonyl (C=O) groups is 2. The summed E-state index contributed by atoms with van der Waals surface area (Å²) < 4.78 is 1.69. The summed E-state index contributed by atoms with van der Waals surface area (Å²) in [6, 6.07) is 7.81. The number of rotatable bonds is 6. The minimum Gasteiger partial charge on any atom is -0.353 e. The normalized spacial score (nSPS) is 15.9. The van der Waals surface area contributed by atoms with Gasteiger partial charge in [-0.25, -0.2) is 14.5 Å². The van der Waals surface area contributed by atoms with Crippen molar-refractivity contribution in [2.45, 2.75) is 32.9 Å². The lowest BCUT2D eigenvalue weighted by Gasteiger charge is -2.35. The first-order chi connectivity index (χ1) is 13.9. The van der Waals surface area contributed by atoms with E-state index in [-0.39, 0.29) is 24.0 Å². The summed E-state index contributed by atoms with van der Waals surface area (Å²) in [6.07, 6.45) is 3.14. The molecule has 0 spiro atoms. The van der Waals surface area contributed by atoms with E-state index in [1.165, 1.54) is 6.33 Å². The zero-order valence-corrected chi connectivity index (χ0v) is 17.2. The van der Waals surface area contributed by atoms with Gasteiger partial charge >= 0.3 is 6.03 Å². The summed E-state index contributed by atoms with van der Waals surface area (Å²) in [5.41, 5.74) is 1.94. The quantitative estimate of drug-likeness (QED) is 0.761. The molecule has 2 aromatic rings. The zero-order valence-electron chi connectivity index (χ0n) is 17.2. The first-order valence-electron chi connectivity index (χ1n) is 9.94. The second-order valence-electron chi connectivity index (χ2n) is 7.59. The first-order valence-corrected chi connectivity index (χ1v) is 9.94. The fourth-order valence-corrected chi connectivity index (χ4v) is 3.30. The van der Waals surface area contributed by atoms with Crippen LogP contribution < -0.4 is 10.6 Å². The van der Waals surface area contributed by atoms with Crippen LogP contribution in [0.25, 0.3) is 5.69 Å². The third-order valence-electron chi connectivity index (χ3n) is 4.89. The molecule has 1 atom stereocenters. The predicted octanol–water partition coefficient (Wildman–Crippen LogP) is 1.18. The van der Waals surface area contributed by atoms with Crippen LogP contribution in [0, 0.1) is 0 Å². The summed E-state index contributed by atoms with van der Waals surface area (Å²) >= 11 is 0. The Morgan fingerprint density at radius 3 is 2.31 bits per heavy atom. The van der Waals surface area contributed by atoms with Gasteiger partial charge in [-0.2, -0.15) is 5.10 Å². The molecule has 1 unspecified atom stereocenters. The molecule has 0 bridgehead atoms. The van der Waals surface area contributed by atoms with Crippen LogP contribution in [0.2, 0.25) is 0 Å². The van der Waals surface area contributed by atoms with Crippen molar-refractivity contribution in [3.63, 3.8) is 0 Å². The Morgan fingerprint density at radius 1 is 1.03 bits per heavy atom. The van der Waals surface area contributed by atoms with Crippen molar-refractivity contribution < 1.29 is 9.59 Å². The minimum absolute atomic E-state index is 0.0286. The van der Waals surface area contributed by atoms with Crippen LogP contribution in [0.4, 0.5) is 4.79 Å². The number of nitrogens with one attached hydrogen (secondary N) is 2. The topological polar surface area (TPSA) is 95.4 Å². The van der Waals surface area contributed by atoms with Gasteiger partial charge in [0, 0.05) is 32.2 Å². The monoisotopic (exact) mass is 399 g/mol. The van der Waals surface area contributed by atoms with E-state index in [1.54, 1.807) is 15.9 Å². The van der Waals surface area contributed by atoms with Crippen LogP contribution in [0.1, 0.15) is 32.4 Å². The highest BCUT2D eigenvalue weighted by Gasteiger charge is 2.23. The van der Waals surface area contributed by atoms with E-state index < -0.39 is 0 Å². The van der Waals surface area contributed by atoms with E-state index >= 15 is 0 Å². The lowest BCUT2D eigenvalue weighted by molar-refractivity contribution is -0.123. The number of piperazine rings is 1. The van der Waals surface area contributed by atoms with E-state index in [9.17, 15) is 9.59 Å². The largest absolute Gasteiger partial charge is 0.353 e. The molecule has 2 heterocycles. The first kappa shape index (κ1) is 20.8. The average molecular weight is 399 g/mol. The van der Waals surface area contributed by atoms with Crippen LogP contribution >= 0.6 is 0 Å². The number of hydrogen-bond acceptors (Lipinski definition) is 5. The Balaban J connectivity index is 1.46. The van der Waals surface area contributed by atoms with Crippen LogP contribution in [-0.2, 0) is 4.79 Å². The van der Waals surface area contributed by atoms with Gasteiger partial charge in [0.1, 0.15) is 12.7 Å². The van der Waals surface area contributed by atoms with Crippen molar-refractivity contribution in [1.82, 2.24) is 35.2 Å². The van der Waals surface area contributed by atoms with Crippen LogP contribution in [-0.4, -0.2) is 75.3 Å². The lowest BCUT2D eigenvalue weighted by Crippen LogP contribution is -2.53. The second kappa shape index (κ2) is 9.51. The third kappa shape index (κ3) is 5.77. The Morgan fingerprint density at radius 2 is 1.72 bits per heavy atom. The smallest absolute Gasteiger partial charge is 0.317 e. The molecule has 0 aliphatic carbocycles. The fourth-order valence-electron chi connectivity index (χ4n) is 3.30. The Labute approximate surface area is 171 Å². The molecule has 156 valence electrons. The molecule has 0 radical (unpaired) electrons. The van der Waals surface area contributed by atoms with Gasteiger partial charge in [-0.15, -0.1) is 0 Å². The molecule has 1 aliphatic rings. The van der Waals surface area contributed by atoms with Crippen molar-refractivity contribution in [2.75, 3.05) is 32.7 Å². The molecule has 29 heavy (non-hydrogen) atoms. The number of amides is 3. The van der Waals surface area contributed by atoms with E-state index in [2.05, 4.69) is 25.6 Å². The van der Waals surface area contributed by atoms with Crippen LogP contribution in [0.5, 0.6) is 0 Å². The number of carbonyl (C=O) groups excluding carboxylic acids is 2. The fraction of sp³-hybridized carbons (Fsp3) is 0.500. The molecule has 1 aromatic carbocycles. The second-order valence-corrected chi connectivity index (χ2v) is 7.59. The molecule has 0 saturated carbocycles. The summed E-state index contributed by atoms with van der Waals surface area (Å²) in [5.74, 6) is 0.0286. The summed E-state index contributed by atoms with van der Waals surface area (Å²) in [5, 5.41) is 10.1. The van der Waals surface area contributed by atoms with Crippen molar-refractivity contribution in [3.05, 3.63) is 42.5 Å². The molecule has 2 N–H and O–H groups in total. The van der Waals surface area contributed by atoms with Gasteiger partial charge < -0.3 is 15.5 Å². The van der Waals surface area contributed by atoms with Gasteiger partial charge in [-0.3, -0.25) is 9.69 Å². The van der Waals surface area contributed by atoms with E-state index in [4.69, 9.17) is 0 Å². The van der Waals surface area contributed by atoms with Crippen LogP contribution in [0.3, 0.4) is 0 Å². The Bertz CT molecular complexity index is 797. The molecule has 3 rings (SSSR count). The zero-order chi connectivity index (χ0) is 20.8. The van der Waals surface area contributed by atoms with Crippen molar-refractivity contribution >= 4 is 11.9 Å². The Hall–Kier alpha value is -2.94. The lowest BCUT2D eigenvalue weighted by atomic mass is 10.1. The number of benzene rings is 1. The van der Waals surface area contributed by atoms with Crippen molar-refractivity contribution in [1.29, 1.82) is 0 Å². The molecule has 1 aromatic heterocycles. The third-order valence-corrected chi connectivity index (χ3v) is 4.89. The van der Waals surface area contributed by atoms with E-state index in [0.29, 0.717) is 32.7 Å². The molecule has 3 amide bonds. The average Bonchev–Trinajstić information content (AvgIpc) is 3.22. The molecule has 1 fully saturated rings. The number of nitrogens with zero attached hydrogens (tertiary/aromatic N) is 5. The van der Waals surface area contributed by atoms with Crippen LogP contribution in [0.15, 0.2) is 36.9 Å². The summed E-state index contributed by atoms with van der Waals surface area (Å²) in [6.45, 7) is 8.85. The number of urea groups is 1. The Kier molecular flexibility index (Phi) is 6.82. The van der Waals surface area contributed by atoms with E-state index in [0.717, 1.165) is 11.3 Å². The van der Waals surface area contributed by atoms with Gasteiger partial charge in [-0.1, -0.05) is 12.1 Å². The van der Waals surface area contributed by atoms with E-state index in [1.807, 2.05) is 45.0 Å².